The smallest absolute Gasteiger partial charge is 0.387 e. The number of methoxy groups -OCH3 is 1. The third kappa shape index (κ3) is 9.95. The largest absolute Gasteiger partial charge is 0.497 e. The van der Waals surface area contributed by atoms with E-state index in [1.165, 1.54) is 13.2 Å². The molecule has 0 heterocycles. The molecule has 0 radical (unpaired) electrons. The van der Waals surface area contributed by atoms with E-state index in [0.29, 0.717) is 23.8 Å². The fraction of sp³-hybridized carbons (Fsp3) is 0.588. The number of guanidine groups is 1. The molecule has 0 atom stereocenters. The van der Waals surface area contributed by atoms with Crippen molar-refractivity contribution in [3.63, 3.8) is 0 Å². The maximum Gasteiger partial charge on any atom is 0.387 e. The predicted molar refractivity (Wildman–Crippen MR) is 111 cm³/mol. The van der Waals surface area contributed by atoms with E-state index in [0.717, 1.165) is 6.54 Å². The summed E-state index contributed by atoms with van der Waals surface area (Å²) in [4.78, 5) is 4.12. The zero-order valence-electron chi connectivity index (χ0n) is 15.9. The van der Waals surface area contributed by atoms with Crippen molar-refractivity contribution in [3.05, 3.63) is 23.8 Å². The molecule has 1 aromatic rings. The molecular weight excluding hydrogens is 457 g/mol. The summed E-state index contributed by atoms with van der Waals surface area (Å²) in [5, 5.41) is 9.59. The number of hydrogen-bond donors (Lipinski definition) is 3. The summed E-state index contributed by atoms with van der Waals surface area (Å²) in [6.07, 6.45) is 0. The van der Waals surface area contributed by atoms with Gasteiger partial charge in [0.1, 0.15) is 11.5 Å². The normalized spacial score (nSPS) is 11.8. The van der Waals surface area contributed by atoms with Gasteiger partial charge < -0.3 is 25.4 Å². The molecule has 9 heteroatoms. The van der Waals surface area contributed by atoms with Crippen LogP contribution < -0.4 is 25.4 Å². The number of alkyl halides is 2. The number of nitrogens with one attached hydrogen (secondary N) is 3. The summed E-state index contributed by atoms with van der Waals surface area (Å²) in [7, 11) is 3.16. The minimum atomic E-state index is -2.88. The molecule has 6 nitrogen and oxygen atoms in total. The van der Waals surface area contributed by atoms with E-state index < -0.39 is 6.61 Å². The van der Waals surface area contributed by atoms with Crippen LogP contribution in [0, 0.1) is 0 Å². The van der Waals surface area contributed by atoms with Gasteiger partial charge in [0.15, 0.2) is 5.96 Å². The second-order valence-electron chi connectivity index (χ2n) is 6.38. The second kappa shape index (κ2) is 12.1. The van der Waals surface area contributed by atoms with Crippen LogP contribution in [-0.2, 0) is 6.54 Å². The first-order chi connectivity index (χ1) is 11.7. The van der Waals surface area contributed by atoms with Crippen molar-refractivity contribution >= 4 is 29.9 Å². The van der Waals surface area contributed by atoms with Gasteiger partial charge in [-0.1, -0.05) is 0 Å². The third-order valence-electron chi connectivity index (χ3n) is 3.23. The molecule has 1 rings (SSSR count). The highest BCUT2D eigenvalue weighted by molar-refractivity contribution is 14.0. The minimum Gasteiger partial charge on any atom is -0.497 e. The predicted octanol–water partition coefficient (Wildman–Crippen LogP) is 2.97. The van der Waals surface area contributed by atoms with E-state index in [1.54, 1.807) is 19.2 Å². The minimum absolute atomic E-state index is 0. The molecule has 26 heavy (non-hydrogen) atoms. The summed E-state index contributed by atoms with van der Waals surface area (Å²) in [5.41, 5.74) is 0.594. The molecule has 3 N–H and O–H groups in total. The van der Waals surface area contributed by atoms with E-state index in [1.807, 2.05) is 0 Å². The van der Waals surface area contributed by atoms with Crippen LogP contribution >= 0.6 is 24.0 Å². The molecular formula is C17H29F2IN4O2. The maximum absolute atomic E-state index is 12.5. The quantitative estimate of drug-likeness (QED) is 0.228. The molecule has 0 saturated heterocycles. The molecule has 0 unspecified atom stereocenters. The fourth-order valence-electron chi connectivity index (χ4n) is 2.05. The lowest BCUT2D eigenvalue weighted by Gasteiger charge is -2.21. The fourth-order valence-corrected chi connectivity index (χ4v) is 2.05. The number of aliphatic imine (C=N–C) groups is 1. The molecule has 0 aliphatic heterocycles. The third-order valence-corrected chi connectivity index (χ3v) is 3.23. The van der Waals surface area contributed by atoms with Crippen molar-refractivity contribution in [2.24, 2.45) is 4.99 Å². The van der Waals surface area contributed by atoms with Crippen LogP contribution in [-0.4, -0.2) is 45.4 Å². The molecule has 150 valence electrons. The first-order valence-corrected chi connectivity index (χ1v) is 8.06. The first-order valence-electron chi connectivity index (χ1n) is 8.06. The summed E-state index contributed by atoms with van der Waals surface area (Å²) < 4.78 is 34.7. The van der Waals surface area contributed by atoms with E-state index in [9.17, 15) is 8.78 Å². The van der Waals surface area contributed by atoms with Crippen LogP contribution in [0.2, 0.25) is 0 Å². The Balaban J connectivity index is 0.00000625. The summed E-state index contributed by atoms with van der Waals surface area (Å²) in [5.74, 6) is 1.24. The Morgan fingerprint density at radius 2 is 1.88 bits per heavy atom. The van der Waals surface area contributed by atoms with Gasteiger partial charge in [-0.25, -0.2) is 0 Å². The van der Waals surface area contributed by atoms with Gasteiger partial charge in [-0.3, -0.25) is 4.99 Å². The topological polar surface area (TPSA) is 66.9 Å². The monoisotopic (exact) mass is 486 g/mol. The average Bonchev–Trinajstić information content (AvgIpc) is 2.53. The Hall–Kier alpha value is -1.36. The van der Waals surface area contributed by atoms with E-state index >= 15 is 0 Å². The van der Waals surface area contributed by atoms with Gasteiger partial charge in [-0.15, -0.1) is 24.0 Å². The Labute approximate surface area is 171 Å². The highest BCUT2D eigenvalue weighted by Gasteiger charge is 2.12. The van der Waals surface area contributed by atoms with Gasteiger partial charge in [0, 0.05) is 37.8 Å². The number of hydrogen-bond acceptors (Lipinski definition) is 4. The standard InChI is InChI=1S/C17H28F2N4O2.HI/c1-17(2,3)23-9-8-21-16(20-4)22-11-12-10-13(24-5)6-7-14(12)25-15(18)19;/h6-7,10,15,23H,8-9,11H2,1-5H3,(H2,20,21,22);1H. The van der Waals surface area contributed by atoms with E-state index in [2.05, 4.69) is 46.5 Å². The Morgan fingerprint density at radius 1 is 1.19 bits per heavy atom. The molecule has 0 bridgehead atoms. The zero-order valence-corrected chi connectivity index (χ0v) is 18.2. The Morgan fingerprint density at radius 3 is 2.42 bits per heavy atom. The van der Waals surface area contributed by atoms with Crippen LogP contribution in [0.3, 0.4) is 0 Å². The number of nitrogens with zero attached hydrogens (tertiary/aromatic N) is 1. The van der Waals surface area contributed by atoms with Crippen LogP contribution in [0.4, 0.5) is 8.78 Å². The van der Waals surface area contributed by atoms with Crippen molar-refractivity contribution in [1.82, 2.24) is 16.0 Å². The molecule has 0 amide bonds. The van der Waals surface area contributed by atoms with E-state index in [4.69, 9.17) is 4.74 Å². The molecule has 0 aliphatic carbocycles. The number of ether oxygens (including phenoxy) is 2. The molecule has 0 aromatic heterocycles. The number of rotatable bonds is 8. The number of halogens is 3. The summed E-state index contributed by atoms with van der Waals surface area (Å²) in [6, 6.07) is 4.69. The summed E-state index contributed by atoms with van der Waals surface area (Å²) in [6.45, 7) is 5.10. The molecule has 0 spiro atoms. The van der Waals surface area contributed by atoms with Crippen molar-refractivity contribution in [3.8, 4) is 11.5 Å². The van der Waals surface area contributed by atoms with Gasteiger partial charge in [0.05, 0.1) is 7.11 Å². The molecule has 1 aromatic carbocycles. The van der Waals surface area contributed by atoms with Gasteiger partial charge in [-0.2, -0.15) is 8.78 Å². The van der Waals surface area contributed by atoms with Crippen LogP contribution in [0.5, 0.6) is 11.5 Å². The lowest BCUT2D eigenvalue weighted by Crippen LogP contribution is -2.44. The molecule has 0 aliphatic rings. The first kappa shape index (κ1) is 24.6. The summed E-state index contributed by atoms with van der Waals surface area (Å²) >= 11 is 0. The molecule has 0 saturated carbocycles. The van der Waals surface area contributed by atoms with Crippen molar-refractivity contribution in [2.75, 3.05) is 27.2 Å². The van der Waals surface area contributed by atoms with Gasteiger partial charge in [0.25, 0.3) is 0 Å². The van der Waals surface area contributed by atoms with Crippen molar-refractivity contribution in [1.29, 1.82) is 0 Å². The lowest BCUT2D eigenvalue weighted by atomic mass is 10.1. The van der Waals surface area contributed by atoms with Crippen molar-refractivity contribution in [2.45, 2.75) is 39.5 Å². The maximum atomic E-state index is 12.5. The van der Waals surface area contributed by atoms with Crippen LogP contribution in [0.1, 0.15) is 26.3 Å². The average molecular weight is 486 g/mol. The number of benzene rings is 1. The second-order valence-corrected chi connectivity index (χ2v) is 6.38. The van der Waals surface area contributed by atoms with Crippen LogP contribution in [0.25, 0.3) is 0 Å². The van der Waals surface area contributed by atoms with Gasteiger partial charge in [-0.05, 0) is 39.0 Å². The highest BCUT2D eigenvalue weighted by atomic mass is 127. The zero-order chi connectivity index (χ0) is 18.9. The Kier molecular flexibility index (Phi) is 11.5. The van der Waals surface area contributed by atoms with Gasteiger partial charge in [0.2, 0.25) is 0 Å². The highest BCUT2D eigenvalue weighted by Crippen LogP contribution is 2.25. The van der Waals surface area contributed by atoms with E-state index in [-0.39, 0.29) is 41.8 Å². The Bertz CT molecular complexity index is 566. The van der Waals surface area contributed by atoms with Crippen molar-refractivity contribution < 1.29 is 18.3 Å². The molecule has 0 fully saturated rings. The van der Waals surface area contributed by atoms with Gasteiger partial charge >= 0.3 is 6.61 Å². The lowest BCUT2D eigenvalue weighted by molar-refractivity contribution is -0.0504. The van der Waals surface area contributed by atoms with Crippen LogP contribution in [0.15, 0.2) is 23.2 Å². The SMILES string of the molecule is CN=C(NCCNC(C)(C)C)NCc1cc(OC)ccc1OC(F)F.I.